The second kappa shape index (κ2) is 6.13. The molecule has 0 radical (unpaired) electrons. The Balaban J connectivity index is 1.91. The second-order valence-electron chi connectivity index (χ2n) is 4.70. The van der Waals surface area contributed by atoms with Crippen molar-refractivity contribution in [3.8, 4) is 17.0 Å². The van der Waals surface area contributed by atoms with E-state index in [0.717, 1.165) is 22.6 Å². The highest BCUT2D eigenvalue weighted by Gasteiger charge is 2.07. The molecule has 22 heavy (non-hydrogen) atoms. The van der Waals surface area contributed by atoms with Crippen LogP contribution in [0.2, 0.25) is 0 Å². The summed E-state index contributed by atoms with van der Waals surface area (Å²) in [5.74, 6) is 1.16. The molecule has 3 rings (SSSR count). The predicted molar refractivity (Wildman–Crippen MR) is 88.1 cm³/mol. The summed E-state index contributed by atoms with van der Waals surface area (Å²) in [4.78, 5) is 4.14. The maximum Gasteiger partial charge on any atom is 0.221 e. The van der Waals surface area contributed by atoms with E-state index in [4.69, 9.17) is 10.5 Å². The quantitative estimate of drug-likeness (QED) is 0.752. The molecule has 1 heterocycles. The van der Waals surface area contributed by atoms with Crippen molar-refractivity contribution in [3.63, 3.8) is 0 Å². The number of imidazole rings is 1. The molecule has 5 heteroatoms. The molecule has 5 nitrogen and oxygen atoms in total. The van der Waals surface area contributed by atoms with E-state index in [2.05, 4.69) is 10.1 Å². The number of anilines is 1. The lowest BCUT2D eigenvalue weighted by Gasteiger charge is -2.04. The number of hydrogen-bond acceptors (Lipinski definition) is 4. The summed E-state index contributed by atoms with van der Waals surface area (Å²) in [7, 11) is 1.64. The van der Waals surface area contributed by atoms with E-state index >= 15 is 0 Å². The number of benzene rings is 2. The molecule has 0 spiro atoms. The molecule has 0 aliphatic carbocycles. The fourth-order valence-electron chi connectivity index (χ4n) is 2.10. The summed E-state index contributed by atoms with van der Waals surface area (Å²) in [6.07, 6.45) is 3.46. The minimum absolute atomic E-state index is 0.351. The van der Waals surface area contributed by atoms with Crippen LogP contribution in [-0.4, -0.2) is 23.0 Å². The van der Waals surface area contributed by atoms with Crippen LogP contribution in [-0.2, 0) is 0 Å². The highest BCUT2D eigenvalue weighted by molar-refractivity contribution is 5.80. The van der Waals surface area contributed by atoms with Crippen molar-refractivity contribution in [2.45, 2.75) is 0 Å². The Hall–Kier alpha value is -3.08. The zero-order chi connectivity index (χ0) is 15.4. The Morgan fingerprint density at radius 2 is 1.82 bits per heavy atom. The number of ether oxygens (including phenoxy) is 1. The van der Waals surface area contributed by atoms with Gasteiger partial charge in [-0.2, -0.15) is 9.78 Å². The average Bonchev–Trinajstić information content (AvgIpc) is 2.95. The van der Waals surface area contributed by atoms with Crippen LogP contribution in [0, 0.1) is 0 Å². The minimum atomic E-state index is 0.351. The van der Waals surface area contributed by atoms with Crippen LogP contribution in [0.5, 0.6) is 5.75 Å². The summed E-state index contributed by atoms with van der Waals surface area (Å²) >= 11 is 0. The van der Waals surface area contributed by atoms with Crippen LogP contribution in [0.3, 0.4) is 0 Å². The third-order valence-electron chi connectivity index (χ3n) is 3.27. The van der Waals surface area contributed by atoms with Crippen molar-refractivity contribution < 1.29 is 4.74 Å². The zero-order valence-electron chi connectivity index (χ0n) is 12.2. The molecule has 0 amide bonds. The normalized spacial score (nSPS) is 11.0. The smallest absolute Gasteiger partial charge is 0.221 e. The third-order valence-corrected chi connectivity index (χ3v) is 3.27. The fourth-order valence-corrected chi connectivity index (χ4v) is 2.10. The van der Waals surface area contributed by atoms with Crippen LogP contribution >= 0.6 is 0 Å². The van der Waals surface area contributed by atoms with Gasteiger partial charge in [0, 0.05) is 5.56 Å². The van der Waals surface area contributed by atoms with Crippen molar-refractivity contribution in [1.82, 2.24) is 9.66 Å². The maximum absolute atomic E-state index is 5.91. The van der Waals surface area contributed by atoms with Gasteiger partial charge in [-0.15, -0.1) is 0 Å². The number of methoxy groups -OCH3 is 1. The molecule has 0 saturated carbocycles. The first-order chi connectivity index (χ1) is 10.8. The van der Waals surface area contributed by atoms with Gasteiger partial charge in [0.15, 0.2) is 0 Å². The number of nitrogens with zero attached hydrogens (tertiary/aromatic N) is 3. The van der Waals surface area contributed by atoms with Crippen molar-refractivity contribution in [1.29, 1.82) is 0 Å². The molecule has 0 aliphatic rings. The third kappa shape index (κ3) is 2.83. The molecule has 0 fully saturated rings. The zero-order valence-corrected chi connectivity index (χ0v) is 12.2. The fraction of sp³-hybridized carbons (Fsp3) is 0.0588. The van der Waals surface area contributed by atoms with Crippen molar-refractivity contribution in [2.24, 2.45) is 5.10 Å². The van der Waals surface area contributed by atoms with E-state index < -0.39 is 0 Å². The molecule has 0 saturated heterocycles. The van der Waals surface area contributed by atoms with Gasteiger partial charge in [-0.3, -0.25) is 0 Å². The van der Waals surface area contributed by atoms with Gasteiger partial charge in [-0.05, 0) is 29.8 Å². The van der Waals surface area contributed by atoms with E-state index in [0.29, 0.717) is 5.95 Å². The van der Waals surface area contributed by atoms with Crippen molar-refractivity contribution >= 4 is 12.2 Å². The van der Waals surface area contributed by atoms with Gasteiger partial charge < -0.3 is 10.5 Å². The first-order valence-corrected chi connectivity index (χ1v) is 6.85. The van der Waals surface area contributed by atoms with E-state index in [1.54, 1.807) is 24.2 Å². The summed E-state index contributed by atoms with van der Waals surface area (Å²) in [5, 5.41) is 4.43. The van der Waals surface area contributed by atoms with Crippen LogP contribution in [0.1, 0.15) is 5.56 Å². The predicted octanol–water partition coefficient (Wildman–Crippen LogP) is 3.02. The number of nitrogen functional groups attached to an aromatic ring is 1. The van der Waals surface area contributed by atoms with Crippen LogP contribution in [0.25, 0.3) is 11.3 Å². The lowest BCUT2D eigenvalue weighted by Crippen LogP contribution is -2.00. The number of rotatable bonds is 4. The van der Waals surface area contributed by atoms with Gasteiger partial charge >= 0.3 is 0 Å². The Bertz CT molecular complexity index is 776. The molecule has 2 aromatic carbocycles. The van der Waals surface area contributed by atoms with E-state index in [1.165, 1.54) is 0 Å². The van der Waals surface area contributed by atoms with E-state index in [1.807, 2.05) is 54.6 Å². The van der Waals surface area contributed by atoms with Crippen molar-refractivity contribution in [2.75, 3.05) is 12.8 Å². The van der Waals surface area contributed by atoms with E-state index in [9.17, 15) is 0 Å². The summed E-state index contributed by atoms with van der Waals surface area (Å²) in [5.41, 5.74) is 8.72. The molecule has 0 bridgehead atoms. The van der Waals surface area contributed by atoms with Crippen LogP contribution < -0.4 is 10.5 Å². The standard InChI is InChI=1S/C17H16N4O/c1-22-15-9-7-13(8-10-15)11-20-21-16(12-19-17(21)18)14-5-3-2-4-6-14/h2-12H,1H3,(H2,18,19). The van der Waals surface area contributed by atoms with Crippen molar-refractivity contribution in [3.05, 3.63) is 66.4 Å². The Kier molecular flexibility index (Phi) is 3.87. The maximum atomic E-state index is 5.91. The molecular weight excluding hydrogens is 276 g/mol. The first kappa shape index (κ1) is 13.9. The van der Waals surface area contributed by atoms with Gasteiger partial charge in [0.1, 0.15) is 5.75 Å². The molecule has 0 atom stereocenters. The second-order valence-corrected chi connectivity index (χ2v) is 4.70. The first-order valence-electron chi connectivity index (χ1n) is 6.85. The lowest BCUT2D eigenvalue weighted by atomic mass is 10.2. The average molecular weight is 292 g/mol. The minimum Gasteiger partial charge on any atom is -0.497 e. The van der Waals surface area contributed by atoms with E-state index in [-0.39, 0.29) is 0 Å². The van der Waals surface area contributed by atoms with Gasteiger partial charge in [-0.1, -0.05) is 30.3 Å². The monoisotopic (exact) mass is 292 g/mol. The van der Waals surface area contributed by atoms with Crippen LogP contribution in [0.4, 0.5) is 5.95 Å². The SMILES string of the molecule is COc1ccc(C=Nn2c(-c3ccccc3)cnc2N)cc1. The Morgan fingerprint density at radius 3 is 2.50 bits per heavy atom. The molecule has 2 N–H and O–H groups in total. The van der Waals surface area contributed by atoms with Gasteiger partial charge in [0.2, 0.25) is 5.95 Å². The number of aromatic nitrogens is 2. The topological polar surface area (TPSA) is 65.4 Å². The molecule has 1 aromatic heterocycles. The lowest BCUT2D eigenvalue weighted by molar-refractivity contribution is 0.415. The summed E-state index contributed by atoms with van der Waals surface area (Å²) < 4.78 is 6.76. The molecule has 3 aromatic rings. The van der Waals surface area contributed by atoms with Gasteiger partial charge in [0.05, 0.1) is 25.2 Å². The summed E-state index contributed by atoms with van der Waals surface area (Å²) in [6, 6.07) is 17.5. The number of hydrogen-bond donors (Lipinski definition) is 1. The largest absolute Gasteiger partial charge is 0.497 e. The van der Waals surface area contributed by atoms with Crippen LogP contribution in [0.15, 0.2) is 65.9 Å². The van der Waals surface area contributed by atoms with Gasteiger partial charge in [-0.25, -0.2) is 4.98 Å². The Labute approximate surface area is 128 Å². The molecule has 0 aliphatic heterocycles. The molecule has 110 valence electrons. The van der Waals surface area contributed by atoms with Gasteiger partial charge in [0.25, 0.3) is 0 Å². The Morgan fingerprint density at radius 1 is 1.09 bits per heavy atom. The highest BCUT2D eigenvalue weighted by Crippen LogP contribution is 2.21. The molecule has 0 unspecified atom stereocenters. The highest BCUT2D eigenvalue weighted by atomic mass is 16.5. The number of nitrogens with two attached hydrogens (primary N) is 1. The summed E-state index contributed by atoms with van der Waals surface area (Å²) in [6.45, 7) is 0. The molecular formula is C17H16N4O.